The molecule has 0 spiro atoms. The van der Waals surface area contributed by atoms with Gasteiger partial charge in [-0.2, -0.15) is 0 Å². The molecule has 1 fully saturated rings. The van der Waals surface area contributed by atoms with Gasteiger partial charge in [0.2, 0.25) is 0 Å². The van der Waals surface area contributed by atoms with Crippen LogP contribution in [0.25, 0.3) is 6.08 Å². The molecule has 1 amide bonds. The van der Waals surface area contributed by atoms with E-state index in [1.165, 1.54) is 11.8 Å². The lowest BCUT2D eigenvalue weighted by Gasteiger charge is -2.08. The van der Waals surface area contributed by atoms with Gasteiger partial charge in [-0.05, 0) is 48.4 Å². The van der Waals surface area contributed by atoms with Crippen LogP contribution in [0.2, 0.25) is 0 Å². The van der Waals surface area contributed by atoms with Gasteiger partial charge < -0.3 is 4.74 Å². The Morgan fingerprint density at radius 2 is 2.07 bits per heavy atom. The second-order valence-corrected chi connectivity index (χ2v) is 7.60. The maximum absolute atomic E-state index is 12.7. The fourth-order valence-corrected chi connectivity index (χ4v) is 3.89. The van der Waals surface area contributed by atoms with Gasteiger partial charge in [0.1, 0.15) is 12.4 Å². The Bertz CT molecular complexity index is 922. The van der Waals surface area contributed by atoms with Gasteiger partial charge in [0.05, 0.1) is 10.6 Å². The second kappa shape index (κ2) is 8.97. The minimum absolute atomic E-state index is 0.0710. The molecule has 4 nitrogen and oxygen atoms in total. The van der Waals surface area contributed by atoms with Crippen LogP contribution >= 0.6 is 23.5 Å². The van der Waals surface area contributed by atoms with Crippen molar-refractivity contribution in [3.05, 3.63) is 71.7 Å². The van der Waals surface area contributed by atoms with E-state index in [4.69, 9.17) is 4.74 Å². The maximum atomic E-state index is 12.7. The summed E-state index contributed by atoms with van der Waals surface area (Å²) in [5.74, 6) is 0.650. The third kappa shape index (κ3) is 4.64. The molecule has 0 bridgehead atoms. The van der Waals surface area contributed by atoms with E-state index in [0.29, 0.717) is 16.7 Å². The summed E-state index contributed by atoms with van der Waals surface area (Å²) < 4.78 is 5.68. The minimum Gasteiger partial charge on any atom is -0.489 e. The molecule has 0 aliphatic carbocycles. The van der Waals surface area contributed by atoms with Crippen LogP contribution in [0.15, 0.2) is 76.0 Å². The van der Waals surface area contributed by atoms with Crippen molar-refractivity contribution >= 4 is 46.4 Å². The highest BCUT2D eigenvalue weighted by Crippen LogP contribution is 2.35. The maximum Gasteiger partial charge on any atom is 0.266 e. The summed E-state index contributed by atoms with van der Waals surface area (Å²) in [7, 11) is 1.74. The zero-order valence-electron chi connectivity index (χ0n) is 15.2. The predicted octanol–water partition coefficient (Wildman–Crippen LogP) is 5.21. The molecule has 6 heteroatoms. The number of rotatable bonds is 6. The highest BCUT2D eigenvalue weighted by atomic mass is 32.2. The summed E-state index contributed by atoms with van der Waals surface area (Å²) in [5.41, 5.74) is 1.69. The number of nitrogens with zero attached hydrogens (tertiary/aromatic N) is 2. The fraction of sp³-hybridized carbons (Fsp3) is 0.143. The van der Waals surface area contributed by atoms with Crippen LogP contribution in [0.5, 0.6) is 5.75 Å². The van der Waals surface area contributed by atoms with Crippen molar-refractivity contribution in [2.75, 3.05) is 19.9 Å². The first-order valence-corrected chi connectivity index (χ1v) is 10.4. The van der Waals surface area contributed by atoms with Gasteiger partial charge in [0.25, 0.3) is 5.91 Å². The fourth-order valence-electron chi connectivity index (χ4n) is 2.46. The Morgan fingerprint density at radius 1 is 1.26 bits per heavy atom. The Balaban J connectivity index is 1.89. The van der Waals surface area contributed by atoms with Crippen molar-refractivity contribution in [3.8, 4) is 5.75 Å². The lowest BCUT2D eigenvalue weighted by Crippen LogP contribution is -2.23. The van der Waals surface area contributed by atoms with Gasteiger partial charge in [-0.25, -0.2) is 4.99 Å². The number of likely N-dealkylation sites (N-methyl/N-ethyl adjacent to an activating group) is 1. The van der Waals surface area contributed by atoms with Crippen LogP contribution in [0.3, 0.4) is 0 Å². The topological polar surface area (TPSA) is 41.9 Å². The number of hydrogen-bond donors (Lipinski definition) is 0. The summed E-state index contributed by atoms with van der Waals surface area (Å²) >= 11 is 3.03. The minimum atomic E-state index is -0.0710. The Labute approximate surface area is 168 Å². The number of ether oxygens (including phenoxy) is 1. The van der Waals surface area contributed by atoms with Crippen molar-refractivity contribution in [3.63, 3.8) is 0 Å². The molecular formula is C21H20N2O2S2. The summed E-state index contributed by atoms with van der Waals surface area (Å²) in [4.78, 5) is 20.6. The Kier molecular flexibility index (Phi) is 6.42. The number of amidine groups is 1. The number of carbonyl (C=O) groups excluding carboxylic acids is 1. The number of para-hydroxylation sites is 1. The molecule has 0 aromatic heterocycles. The molecule has 0 unspecified atom stereocenters. The van der Waals surface area contributed by atoms with Crippen molar-refractivity contribution in [2.45, 2.75) is 4.90 Å². The quantitative estimate of drug-likeness (QED) is 0.382. The first-order valence-electron chi connectivity index (χ1n) is 8.35. The van der Waals surface area contributed by atoms with Gasteiger partial charge in [0, 0.05) is 17.5 Å². The molecule has 0 radical (unpaired) electrons. The van der Waals surface area contributed by atoms with Crippen LogP contribution in [0.1, 0.15) is 5.56 Å². The number of amides is 1. The monoisotopic (exact) mass is 396 g/mol. The molecule has 1 saturated heterocycles. The number of thioether (sulfide) groups is 2. The number of aliphatic imine (C=N–C) groups is 1. The van der Waals surface area contributed by atoms with Gasteiger partial charge in [-0.1, -0.05) is 36.9 Å². The van der Waals surface area contributed by atoms with Crippen LogP contribution in [-0.2, 0) is 4.79 Å². The van der Waals surface area contributed by atoms with Crippen LogP contribution in [0, 0.1) is 0 Å². The van der Waals surface area contributed by atoms with Crippen LogP contribution in [-0.4, -0.2) is 35.9 Å². The van der Waals surface area contributed by atoms with Gasteiger partial charge >= 0.3 is 0 Å². The van der Waals surface area contributed by atoms with Gasteiger partial charge in [0.15, 0.2) is 5.17 Å². The standard InChI is InChI=1S/C21H20N2O2S2/c1-4-12-25-18-11-6-5-8-15(18)13-19-20(24)23(2)21(27-19)22-16-9-7-10-17(14-16)26-3/h4-11,13-14H,1,12H2,2-3H3/b19-13+,22-21?. The van der Waals surface area contributed by atoms with Gasteiger partial charge in [-0.3, -0.25) is 9.69 Å². The Hall–Kier alpha value is -2.44. The van der Waals surface area contributed by atoms with E-state index in [0.717, 1.165) is 21.9 Å². The molecule has 2 aromatic carbocycles. The summed E-state index contributed by atoms with van der Waals surface area (Å²) in [6.45, 7) is 4.09. The molecule has 1 aliphatic rings. The molecule has 0 N–H and O–H groups in total. The smallest absolute Gasteiger partial charge is 0.266 e. The highest BCUT2D eigenvalue weighted by Gasteiger charge is 2.30. The molecule has 2 aromatic rings. The lowest BCUT2D eigenvalue weighted by molar-refractivity contribution is -0.121. The first kappa shape index (κ1) is 19.3. The van der Waals surface area contributed by atoms with Crippen LogP contribution in [0.4, 0.5) is 5.69 Å². The van der Waals surface area contributed by atoms with Crippen molar-refractivity contribution in [2.24, 2.45) is 4.99 Å². The summed E-state index contributed by atoms with van der Waals surface area (Å²) in [5, 5.41) is 0.661. The zero-order chi connectivity index (χ0) is 19.2. The van der Waals surface area contributed by atoms with Crippen molar-refractivity contribution in [1.82, 2.24) is 4.90 Å². The molecule has 3 rings (SSSR count). The van der Waals surface area contributed by atoms with Crippen molar-refractivity contribution in [1.29, 1.82) is 0 Å². The zero-order valence-corrected chi connectivity index (χ0v) is 16.8. The molecule has 0 atom stereocenters. The normalized spacial score (nSPS) is 17.0. The molecular weight excluding hydrogens is 376 g/mol. The third-order valence-corrected chi connectivity index (χ3v) is 5.63. The summed E-state index contributed by atoms with van der Waals surface area (Å²) in [6, 6.07) is 15.6. The number of hydrogen-bond acceptors (Lipinski definition) is 5. The molecule has 27 heavy (non-hydrogen) atoms. The molecule has 138 valence electrons. The number of benzene rings is 2. The third-order valence-electron chi connectivity index (χ3n) is 3.84. The van der Waals surface area contributed by atoms with Crippen LogP contribution < -0.4 is 4.74 Å². The summed E-state index contributed by atoms with van der Waals surface area (Å²) in [6.07, 6.45) is 5.57. The molecule has 1 heterocycles. The first-order chi connectivity index (χ1) is 13.1. The van der Waals surface area contributed by atoms with E-state index in [1.807, 2.05) is 60.9 Å². The largest absolute Gasteiger partial charge is 0.489 e. The average molecular weight is 397 g/mol. The van der Waals surface area contributed by atoms with E-state index in [2.05, 4.69) is 11.6 Å². The number of carbonyl (C=O) groups is 1. The molecule has 1 aliphatic heterocycles. The van der Waals surface area contributed by atoms with E-state index >= 15 is 0 Å². The van der Waals surface area contributed by atoms with E-state index in [-0.39, 0.29) is 5.91 Å². The van der Waals surface area contributed by atoms with E-state index < -0.39 is 0 Å². The van der Waals surface area contributed by atoms with E-state index in [1.54, 1.807) is 29.8 Å². The van der Waals surface area contributed by atoms with Crippen molar-refractivity contribution < 1.29 is 9.53 Å². The Morgan fingerprint density at radius 3 is 2.85 bits per heavy atom. The predicted molar refractivity (Wildman–Crippen MR) is 116 cm³/mol. The molecule has 0 saturated carbocycles. The SMILES string of the molecule is C=CCOc1ccccc1/C=C1/SC(=Nc2cccc(SC)c2)N(C)C1=O. The van der Waals surface area contributed by atoms with Gasteiger partial charge in [-0.15, -0.1) is 11.8 Å². The van der Waals surface area contributed by atoms with E-state index in [9.17, 15) is 4.79 Å². The average Bonchev–Trinajstić information content (AvgIpc) is 2.95. The highest BCUT2D eigenvalue weighted by molar-refractivity contribution is 8.18. The second-order valence-electron chi connectivity index (χ2n) is 5.71. The lowest BCUT2D eigenvalue weighted by atomic mass is 10.2.